The molecule has 1 N–H and O–H groups in total. The first-order valence-electron chi connectivity index (χ1n) is 9.00. The van der Waals surface area contributed by atoms with Gasteiger partial charge in [0.1, 0.15) is 11.3 Å². The lowest BCUT2D eigenvalue weighted by molar-refractivity contribution is -0.383. The maximum atomic E-state index is 12.1. The van der Waals surface area contributed by atoms with Gasteiger partial charge in [0, 0.05) is 37.4 Å². The van der Waals surface area contributed by atoms with Gasteiger partial charge in [-0.2, -0.15) is 0 Å². The van der Waals surface area contributed by atoms with Crippen molar-refractivity contribution in [3.63, 3.8) is 0 Å². The van der Waals surface area contributed by atoms with E-state index in [2.05, 4.69) is 15.1 Å². The van der Waals surface area contributed by atoms with Gasteiger partial charge in [0.25, 0.3) is 5.69 Å². The molecule has 1 amide bonds. The van der Waals surface area contributed by atoms with Crippen LogP contribution >= 0.6 is 0 Å². The molecule has 2 heterocycles. The van der Waals surface area contributed by atoms with Crippen molar-refractivity contribution in [3.05, 3.63) is 28.3 Å². The van der Waals surface area contributed by atoms with E-state index in [9.17, 15) is 14.9 Å². The van der Waals surface area contributed by atoms with Crippen molar-refractivity contribution in [2.24, 2.45) is 0 Å². The molecule has 142 valence electrons. The molecule has 2 aliphatic rings. The quantitative estimate of drug-likeness (QED) is 0.656. The Morgan fingerprint density at radius 1 is 1.31 bits per heavy atom. The Morgan fingerprint density at radius 3 is 2.77 bits per heavy atom. The van der Waals surface area contributed by atoms with Gasteiger partial charge in [0.05, 0.1) is 4.92 Å². The van der Waals surface area contributed by atoms with Crippen molar-refractivity contribution >= 4 is 23.2 Å². The summed E-state index contributed by atoms with van der Waals surface area (Å²) in [5.74, 6) is 0. The van der Waals surface area contributed by atoms with E-state index in [0.29, 0.717) is 6.04 Å². The number of hydrogen-bond acceptors (Lipinski definition) is 6. The Labute approximate surface area is 153 Å². The van der Waals surface area contributed by atoms with Gasteiger partial charge in [-0.25, -0.2) is 4.79 Å². The minimum Gasteiger partial charge on any atom is -0.444 e. The van der Waals surface area contributed by atoms with Crippen molar-refractivity contribution in [1.29, 1.82) is 0 Å². The highest BCUT2D eigenvalue weighted by atomic mass is 16.6. The van der Waals surface area contributed by atoms with Gasteiger partial charge in [0.2, 0.25) is 0 Å². The second kappa shape index (κ2) is 7.11. The summed E-state index contributed by atoms with van der Waals surface area (Å²) in [4.78, 5) is 27.6. The summed E-state index contributed by atoms with van der Waals surface area (Å²) in [6.45, 7) is 9.18. The lowest BCUT2D eigenvalue weighted by atomic mass is 10.1. The molecule has 0 aromatic heterocycles. The molecule has 0 saturated carbocycles. The van der Waals surface area contributed by atoms with Gasteiger partial charge in [0.15, 0.2) is 0 Å². The first-order chi connectivity index (χ1) is 12.2. The minimum absolute atomic E-state index is 0.140. The number of nitro benzene ring substituents is 1. The van der Waals surface area contributed by atoms with Gasteiger partial charge >= 0.3 is 6.09 Å². The predicted molar refractivity (Wildman–Crippen MR) is 99.8 cm³/mol. The fraction of sp³-hybridized carbons (Fsp3) is 0.611. The summed E-state index contributed by atoms with van der Waals surface area (Å²) >= 11 is 0. The van der Waals surface area contributed by atoms with Crippen LogP contribution in [0.4, 0.5) is 21.9 Å². The molecule has 26 heavy (non-hydrogen) atoms. The smallest absolute Gasteiger partial charge is 0.412 e. The van der Waals surface area contributed by atoms with E-state index >= 15 is 0 Å². The highest BCUT2D eigenvalue weighted by Crippen LogP contribution is 2.32. The van der Waals surface area contributed by atoms with Gasteiger partial charge in [-0.15, -0.1) is 0 Å². The first kappa shape index (κ1) is 18.4. The zero-order valence-electron chi connectivity index (χ0n) is 15.5. The number of ether oxygens (including phenoxy) is 1. The maximum absolute atomic E-state index is 12.1. The van der Waals surface area contributed by atoms with Crippen LogP contribution in [-0.2, 0) is 4.74 Å². The number of carbonyl (C=O) groups excluding carboxylic acids is 1. The number of piperazine rings is 1. The molecule has 0 spiro atoms. The summed E-state index contributed by atoms with van der Waals surface area (Å²) in [5, 5.41) is 13.9. The van der Waals surface area contributed by atoms with E-state index in [1.165, 1.54) is 18.9 Å². The molecule has 3 rings (SSSR count). The number of nitrogens with zero attached hydrogens (tertiary/aromatic N) is 3. The molecule has 1 aromatic rings. The van der Waals surface area contributed by atoms with Crippen molar-refractivity contribution in [2.75, 3.05) is 36.4 Å². The van der Waals surface area contributed by atoms with E-state index in [4.69, 9.17) is 4.74 Å². The number of carbonyl (C=O) groups is 1. The van der Waals surface area contributed by atoms with E-state index in [0.717, 1.165) is 31.9 Å². The maximum Gasteiger partial charge on any atom is 0.412 e. The van der Waals surface area contributed by atoms with Gasteiger partial charge in [-0.3, -0.25) is 20.3 Å². The van der Waals surface area contributed by atoms with Crippen LogP contribution in [0.15, 0.2) is 18.2 Å². The molecule has 8 nitrogen and oxygen atoms in total. The third-order valence-corrected chi connectivity index (χ3v) is 4.76. The second-order valence-corrected chi connectivity index (χ2v) is 7.86. The Hall–Kier alpha value is -2.35. The van der Waals surface area contributed by atoms with Crippen molar-refractivity contribution < 1.29 is 14.5 Å². The van der Waals surface area contributed by atoms with Crippen LogP contribution in [0.25, 0.3) is 0 Å². The average molecular weight is 362 g/mol. The Kier molecular flexibility index (Phi) is 5.04. The van der Waals surface area contributed by atoms with Crippen molar-refractivity contribution in [2.45, 2.75) is 45.3 Å². The molecule has 0 radical (unpaired) electrons. The van der Waals surface area contributed by atoms with E-state index in [1.54, 1.807) is 32.9 Å². The number of benzene rings is 1. The molecule has 0 bridgehead atoms. The summed E-state index contributed by atoms with van der Waals surface area (Å²) in [7, 11) is 0. The zero-order valence-corrected chi connectivity index (χ0v) is 15.5. The van der Waals surface area contributed by atoms with E-state index in [1.807, 2.05) is 0 Å². The standard InChI is InChI=1S/C18H26N4O4/c1-18(2,3)26-17(23)19-15-11-13(6-7-16(15)22(24)25)21-10-9-20-8-4-5-14(20)12-21/h6-7,11,14H,4-5,8-10,12H2,1-3H3,(H,19,23). The summed E-state index contributed by atoms with van der Waals surface area (Å²) in [6, 6.07) is 5.42. The highest BCUT2D eigenvalue weighted by molar-refractivity contribution is 5.89. The molecule has 2 fully saturated rings. The Balaban J connectivity index is 1.79. The highest BCUT2D eigenvalue weighted by Gasteiger charge is 2.31. The summed E-state index contributed by atoms with van der Waals surface area (Å²) < 4.78 is 5.23. The Bertz CT molecular complexity index is 701. The van der Waals surface area contributed by atoms with Crippen LogP contribution in [0.1, 0.15) is 33.6 Å². The zero-order chi connectivity index (χ0) is 18.9. The number of amides is 1. The molecule has 0 aliphatic carbocycles. The molecule has 1 aromatic carbocycles. The van der Waals surface area contributed by atoms with Gasteiger partial charge < -0.3 is 9.64 Å². The third kappa shape index (κ3) is 4.24. The number of anilines is 2. The molecular formula is C18H26N4O4. The van der Waals surface area contributed by atoms with Crippen LogP contribution in [0.5, 0.6) is 0 Å². The molecule has 1 atom stereocenters. The number of nitrogens with one attached hydrogen (secondary N) is 1. The summed E-state index contributed by atoms with van der Waals surface area (Å²) in [6.07, 6.45) is 1.72. The number of nitro groups is 1. The molecular weight excluding hydrogens is 336 g/mol. The van der Waals surface area contributed by atoms with Crippen LogP contribution < -0.4 is 10.2 Å². The second-order valence-electron chi connectivity index (χ2n) is 7.86. The summed E-state index contributed by atoms with van der Waals surface area (Å²) in [5.41, 5.74) is 0.234. The molecule has 1 unspecified atom stereocenters. The number of hydrogen-bond donors (Lipinski definition) is 1. The first-order valence-corrected chi connectivity index (χ1v) is 9.00. The van der Waals surface area contributed by atoms with E-state index < -0.39 is 16.6 Å². The van der Waals surface area contributed by atoms with Crippen LogP contribution in [0.3, 0.4) is 0 Å². The normalized spacial score (nSPS) is 20.6. The predicted octanol–water partition coefficient (Wildman–Crippen LogP) is 3.23. The van der Waals surface area contributed by atoms with Crippen LogP contribution in [0, 0.1) is 10.1 Å². The SMILES string of the molecule is CC(C)(C)OC(=O)Nc1cc(N2CCN3CCCC3C2)ccc1[N+](=O)[O-]. The van der Waals surface area contributed by atoms with E-state index in [-0.39, 0.29) is 11.4 Å². The van der Waals surface area contributed by atoms with Crippen LogP contribution in [0.2, 0.25) is 0 Å². The van der Waals surface area contributed by atoms with Crippen molar-refractivity contribution in [3.8, 4) is 0 Å². The van der Waals surface area contributed by atoms with Crippen molar-refractivity contribution in [1.82, 2.24) is 4.90 Å². The molecule has 8 heteroatoms. The number of fused-ring (bicyclic) bond motifs is 1. The van der Waals surface area contributed by atoms with Gasteiger partial charge in [-0.05, 0) is 52.3 Å². The molecule has 2 aliphatic heterocycles. The monoisotopic (exact) mass is 362 g/mol. The molecule has 2 saturated heterocycles. The number of rotatable bonds is 3. The minimum atomic E-state index is -0.696. The van der Waals surface area contributed by atoms with Crippen LogP contribution in [-0.4, -0.2) is 53.7 Å². The fourth-order valence-electron chi connectivity index (χ4n) is 3.62. The van der Waals surface area contributed by atoms with Gasteiger partial charge in [-0.1, -0.05) is 0 Å². The fourth-order valence-corrected chi connectivity index (χ4v) is 3.62. The topological polar surface area (TPSA) is 88.0 Å². The lowest BCUT2D eigenvalue weighted by Crippen LogP contribution is -2.50. The average Bonchev–Trinajstić information content (AvgIpc) is 3.00. The Morgan fingerprint density at radius 2 is 2.08 bits per heavy atom. The third-order valence-electron chi connectivity index (χ3n) is 4.76. The lowest BCUT2D eigenvalue weighted by Gasteiger charge is -2.38. The largest absolute Gasteiger partial charge is 0.444 e.